The van der Waals surface area contributed by atoms with Gasteiger partial charge >= 0.3 is 18.4 Å². The number of nitrogens with one attached hydrogen (secondary N) is 2. The van der Waals surface area contributed by atoms with Crippen LogP contribution >= 0.6 is 0 Å². The van der Waals surface area contributed by atoms with Crippen molar-refractivity contribution in [1.82, 2.24) is 5.32 Å². The van der Waals surface area contributed by atoms with Crippen molar-refractivity contribution >= 4 is 17.7 Å². The molecular formula is C14H17F3N2O4. The summed E-state index contributed by atoms with van der Waals surface area (Å²) >= 11 is 0. The molecule has 0 unspecified atom stereocenters. The maximum Gasteiger partial charge on any atom is 0.573 e. The lowest BCUT2D eigenvalue weighted by Gasteiger charge is -2.11. The molecule has 2 N–H and O–H groups in total. The van der Waals surface area contributed by atoms with Crippen LogP contribution in [0.15, 0.2) is 24.3 Å². The number of esters is 1. The number of ether oxygens (including phenoxy) is 2. The number of hydrogen-bond acceptors (Lipinski definition) is 4. The van der Waals surface area contributed by atoms with Gasteiger partial charge in [-0.2, -0.15) is 0 Å². The highest BCUT2D eigenvalue weighted by Crippen LogP contribution is 2.23. The molecule has 9 heteroatoms. The fourth-order valence-corrected chi connectivity index (χ4v) is 1.52. The molecule has 1 aromatic carbocycles. The molecule has 0 atom stereocenters. The molecule has 0 fully saturated rings. The van der Waals surface area contributed by atoms with E-state index in [-0.39, 0.29) is 30.5 Å². The first-order chi connectivity index (χ1) is 10.7. The SMILES string of the molecule is CC(C)OC(=O)CCNC(=O)Nc1ccc(OC(F)(F)F)cc1. The van der Waals surface area contributed by atoms with Crippen LogP contribution < -0.4 is 15.4 Å². The summed E-state index contributed by atoms with van der Waals surface area (Å²) < 4.78 is 44.6. The fraction of sp³-hybridized carbons (Fsp3) is 0.429. The molecule has 2 amide bonds. The van der Waals surface area contributed by atoms with Crippen molar-refractivity contribution in [1.29, 1.82) is 0 Å². The Hall–Kier alpha value is -2.45. The molecule has 128 valence electrons. The van der Waals surface area contributed by atoms with Crippen molar-refractivity contribution in [3.8, 4) is 5.75 Å². The van der Waals surface area contributed by atoms with E-state index in [0.717, 1.165) is 12.1 Å². The van der Waals surface area contributed by atoms with Gasteiger partial charge in [0.15, 0.2) is 0 Å². The van der Waals surface area contributed by atoms with Gasteiger partial charge in [0.05, 0.1) is 12.5 Å². The molecule has 0 aromatic heterocycles. The van der Waals surface area contributed by atoms with Gasteiger partial charge < -0.3 is 20.1 Å². The van der Waals surface area contributed by atoms with Crippen LogP contribution in [0.3, 0.4) is 0 Å². The monoisotopic (exact) mass is 334 g/mol. The quantitative estimate of drug-likeness (QED) is 0.784. The molecule has 6 nitrogen and oxygen atoms in total. The van der Waals surface area contributed by atoms with Crippen LogP contribution in [0.4, 0.5) is 23.7 Å². The van der Waals surface area contributed by atoms with Crippen molar-refractivity contribution in [3.05, 3.63) is 24.3 Å². The van der Waals surface area contributed by atoms with Crippen LogP contribution in [-0.2, 0) is 9.53 Å². The molecular weight excluding hydrogens is 317 g/mol. The van der Waals surface area contributed by atoms with E-state index in [0.29, 0.717) is 0 Å². The van der Waals surface area contributed by atoms with E-state index in [2.05, 4.69) is 15.4 Å². The summed E-state index contributed by atoms with van der Waals surface area (Å²) in [6, 6.07) is 4.07. The zero-order chi connectivity index (χ0) is 17.5. The number of rotatable bonds is 6. The fourth-order valence-electron chi connectivity index (χ4n) is 1.52. The summed E-state index contributed by atoms with van der Waals surface area (Å²) in [7, 11) is 0. The Morgan fingerprint density at radius 2 is 1.78 bits per heavy atom. The summed E-state index contributed by atoms with van der Waals surface area (Å²) in [5, 5.41) is 4.83. The van der Waals surface area contributed by atoms with Gasteiger partial charge in [0.2, 0.25) is 0 Å². The minimum atomic E-state index is -4.77. The smallest absolute Gasteiger partial charge is 0.463 e. The van der Waals surface area contributed by atoms with E-state index >= 15 is 0 Å². The standard InChI is InChI=1S/C14H17F3N2O4/c1-9(2)22-12(20)7-8-18-13(21)19-10-3-5-11(6-4-10)23-14(15,16)17/h3-6,9H,7-8H2,1-2H3,(H2,18,19,21). The number of carbonyl (C=O) groups is 2. The van der Waals surface area contributed by atoms with E-state index in [9.17, 15) is 22.8 Å². The number of hydrogen-bond donors (Lipinski definition) is 2. The van der Waals surface area contributed by atoms with Gasteiger partial charge in [-0.1, -0.05) is 0 Å². The topological polar surface area (TPSA) is 76.7 Å². The molecule has 0 saturated heterocycles. The van der Waals surface area contributed by atoms with Crippen LogP contribution in [0.5, 0.6) is 5.75 Å². The normalized spacial score (nSPS) is 11.0. The van der Waals surface area contributed by atoms with Gasteiger partial charge in [-0.15, -0.1) is 13.2 Å². The summed E-state index contributed by atoms with van der Waals surface area (Å²) in [5.74, 6) is -0.825. The number of alkyl halides is 3. The van der Waals surface area contributed by atoms with Crippen molar-refractivity contribution in [2.24, 2.45) is 0 Å². The molecule has 23 heavy (non-hydrogen) atoms. The minimum Gasteiger partial charge on any atom is -0.463 e. The third-order valence-corrected chi connectivity index (χ3v) is 2.33. The molecule has 1 aromatic rings. The van der Waals surface area contributed by atoms with E-state index in [4.69, 9.17) is 4.74 Å². The molecule has 0 saturated carbocycles. The Kier molecular flexibility index (Phi) is 6.67. The lowest BCUT2D eigenvalue weighted by molar-refractivity contribution is -0.274. The number of amides is 2. The Bertz CT molecular complexity index is 530. The van der Waals surface area contributed by atoms with Crippen molar-refractivity contribution < 1.29 is 32.2 Å². The molecule has 0 spiro atoms. The predicted octanol–water partition coefficient (Wildman–Crippen LogP) is 3.05. The molecule has 0 aliphatic heterocycles. The maximum atomic E-state index is 12.0. The molecule has 0 heterocycles. The van der Waals surface area contributed by atoms with Gasteiger partial charge in [0.25, 0.3) is 0 Å². The number of benzene rings is 1. The third-order valence-electron chi connectivity index (χ3n) is 2.33. The zero-order valence-corrected chi connectivity index (χ0v) is 12.6. The Morgan fingerprint density at radius 1 is 1.17 bits per heavy atom. The van der Waals surface area contributed by atoms with Crippen LogP contribution in [0.1, 0.15) is 20.3 Å². The van der Waals surface area contributed by atoms with Gasteiger partial charge in [-0.05, 0) is 38.1 Å². The molecule has 0 aliphatic rings. The zero-order valence-electron chi connectivity index (χ0n) is 12.6. The summed E-state index contributed by atoms with van der Waals surface area (Å²) in [4.78, 5) is 22.8. The Balaban J connectivity index is 2.35. The average Bonchev–Trinajstić information content (AvgIpc) is 2.38. The highest BCUT2D eigenvalue weighted by atomic mass is 19.4. The van der Waals surface area contributed by atoms with E-state index in [1.165, 1.54) is 12.1 Å². The highest BCUT2D eigenvalue weighted by molar-refractivity contribution is 5.89. The van der Waals surface area contributed by atoms with Crippen LogP contribution in [0.25, 0.3) is 0 Å². The second-order valence-electron chi connectivity index (χ2n) is 4.74. The van der Waals surface area contributed by atoms with E-state index in [1.54, 1.807) is 13.8 Å². The molecule has 1 rings (SSSR count). The van der Waals surface area contributed by atoms with Gasteiger partial charge in [0.1, 0.15) is 5.75 Å². The molecule has 0 bridgehead atoms. The second-order valence-corrected chi connectivity index (χ2v) is 4.74. The number of anilines is 1. The van der Waals surface area contributed by atoms with Gasteiger partial charge in [-0.25, -0.2) is 4.79 Å². The Labute approximate surface area is 130 Å². The van der Waals surface area contributed by atoms with E-state index in [1.807, 2.05) is 0 Å². The lowest BCUT2D eigenvalue weighted by Crippen LogP contribution is -2.31. The summed E-state index contributed by atoms with van der Waals surface area (Å²) in [6.07, 6.45) is -4.98. The number of carbonyl (C=O) groups excluding carboxylic acids is 2. The minimum absolute atomic E-state index is 0.0178. The average molecular weight is 334 g/mol. The van der Waals surface area contributed by atoms with Crippen LogP contribution in [0, 0.1) is 0 Å². The number of halogens is 3. The first-order valence-corrected chi connectivity index (χ1v) is 6.76. The van der Waals surface area contributed by atoms with Gasteiger partial charge in [0, 0.05) is 12.2 Å². The van der Waals surface area contributed by atoms with Crippen molar-refractivity contribution in [2.75, 3.05) is 11.9 Å². The highest BCUT2D eigenvalue weighted by Gasteiger charge is 2.30. The molecule has 0 radical (unpaired) electrons. The predicted molar refractivity (Wildman–Crippen MR) is 76.0 cm³/mol. The van der Waals surface area contributed by atoms with E-state index < -0.39 is 18.4 Å². The third kappa shape index (κ3) is 8.54. The van der Waals surface area contributed by atoms with Crippen molar-refractivity contribution in [3.63, 3.8) is 0 Å². The lowest BCUT2D eigenvalue weighted by atomic mass is 10.3. The summed E-state index contributed by atoms with van der Waals surface area (Å²) in [6.45, 7) is 3.50. The largest absolute Gasteiger partial charge is 0.573 e. The maximum absolute atomic E-state index is 12.0. The second kappa shape index (κ2) is 8.25. The molecule has 0 aliphatic carbocycles. The first-order valence-electron chi connectivity index (χ1n) is 6.76. The Morgan fingerprint density at radius 3 is 2.30 bits per heavy atom. The van der Waals surface area contributed by atoms with Gasteiger partial charge in [-0.3, -0.25) is 4.79 Å². The van der Waals surface area contributed by atoms with Crippen molar-refractivity contribution in [2.45, 2.75) is 32.7 Å². The number of urea groups is 1. The van der Waals surface area contributed by atoms with Crippen LogP contribution in [-0.4, -0.2) is 31.0 Å². The van der Waals surface area contributed by atoms with Crippen LogP contribution in [0.2, 0.25) is 0 Å². The first kappa shape index (κ1) is 18.6. The summed E-state index contributed by atoms with van der Waals surface area (Å²) in [5.41, 5.74) is 0.279.